The molecule has 4 nitrogen and oxygen atoms in total. The van der Waals surface area contributed by atoms with Crippen LogP contribution in [-0.2, 0) is 11.3 Å². The van der Waals surface area contributed by atoms with Crippen molar-refractivity contribution in [3.63, 3.8) is 0 Å². The van der Waals surface area contributed by atoms with E-state index < -0.39 is 0 Å². The molecule has 0 radical (unpaired) electrons. The molecule has 0 bridgehead atoms. The van der Waals surface area contributed by atoms with Gasteiger partial charge in [-0.2, -0.15) is 0 Å². The molecule has 0 unspecified atom stereocenters. The highest BCUT2D eigenvalue weighted by Crippen LogP contribution is 2.31. The summed E-state index contributed by atoms with van der Waals surface area (Å²) in [6, 6.07) is 4.88. The minimum absolute atomic E-state index is 0.236. The Bertz CT molecular complexity index is 529. The Morgan fingerprint density at radius 3 is 2.57 bits per heavy atom. The van der Waals surface area contributed by atoms with Crippen LogP contribution in [0.4, 0.5) is 0 Å². The van der Waals surface area contributed by atoms with E-state index in [-0.39, 0.29) is 5.91 Å². The second-order valence-electron chi connectivity index (χ2n) is 7.48. The SMILES string of the molecule is Cc1ccc(C)n1CC(=O)N(C)C[C@H]1CCCN2CCCC[C@@H]12. The Hall–Kier alpha value is -1.29. The van der Waals surface area contributed by atoms with Crippen LogP contribution in [-0.4, -0.2) is 53.0 Å². The first-order valence-corrected chi connectivity index (χ1v) is 9.17. The van der Waals surface area contributed by atoms with Gasteiger partial charge in [0.1, 0.15) is 6.54 Å². The van der Waals surface area contributed by atoms with Crippen LogP contribution in [0.25, 0.3) is 0 Å². The van der Waals surface area contributed by atoms with Gasteiger partial charge in [-0.25, -0.2) is 0 Å². The zero-order valence-corrected chi connectivity index (χ0v) is 14.9. The molecule has 2 aliphatic heterocycles. The topological polar surface area (TPSA) is 28.5 Å². The third kappa shape index (κ3) is 3.63. The van der Waals surface area contributed by atoms with E-state index in [1.54, 1.807) is 0 Å². The van der Waals surface area contributed by atoms with Gasteiger partial charge >= 0.3 is 0 Å². The van der Waals surface area contributed by atoms with Crippen LogP contribution in [0.15, 0.2) is 12.1 Å². The summed E-state index contributed by atoms with van der Waals surface area (Å²) in [5.41, 5.74) is 2.33. The molecule has 3 rings (SSSR count). The molecular formula is C19H31N3O. The zero-order chi connectivity index (χ0) is 16.4. The minimum atomic E-state index is 0.236. The Kier molecular flexibility index (Phi) is 5.10. The van der Waals surface area contributed by atoms with E-state index in [1.165, 1.54) is 56.6 Å². The molecule has 0 spiro atoms. The number of fused-ring (bicyclic) bond motifs is 1. The van der Waals surface area contributed by atoms with Crippen LogP contribution in [0.2, 0.25) is 0 Å². The number of amides is 1. The zero-order valence-electron chi connectivity index (χ0n) is 14.9. The molecule has 0 N–H and O–H groups in total. The summed E-state index contributed by atoms with van der Waals surface area (Å²) >= 11 is 0. The summed E-state index contributed by atoms with van der Waals surface area (Å²) < 4.78 is 2.12. The number of hydrogen-bond donors (Lipinski definition) is 0. The Morgan fingerprint density at radius 1 is 1.13 bits per heavy atom. The quantitative estimate of drug-likeness (QED) is 0.854. The molecule has 4 heteroatoms. The van der Waals surface area contributed by atoms with E-state index in [2.05, 4.69) is 35.4 Å². The summed E-state index contributed by atoms with van der Waals surface area (Å²) in [6.45, 7) is 8.06. The average molecular weight is 317 g/mol. The van der Waals surface area contributed by atoms with Gasteiger partial charge in [0.2, 0.25) is 5.91 Å². The van der Waals surface area contributed by atoms with Crippen LogP contribution in [0.3, 0.4) is 0 Å². The maximum atomic E-state index is 12.6. The monoisotopic (exact) mass is 317 g/mol. The fraction of sp³-hybridized carbons (Fsp3) is 0.737. The van der Waals surface area contributed by atoms with Crippen molar-refractivity contribution >= 4 is 5.91 Å². The highest BCUT2D eigenvalue weighted by Gasteiger charge is 2.34. The number of piperidine rings is 2. The second kappa shape index (κ2) is 7.08. The lowest BCUT2D eigenvalue weighted by Gasteiger charge is -2.45. The molecule has 0 saturated carbocycles. The molecule has 2 saturated heterocycles. The fourth-order valence-corrected chi connectivity index (χ4v) is 4.45. The smallest absolute Gasteiger partial charge is 0.242 e. The van der Waals surface area contributed by atoms with Crippen LogP contribution >= 0.6 is 0 Å². The van der Waals surface area contributed by atoms with Crippen molar-refractivity contribution in [2.24, 2.45) is 5.92 Å². The molecular weight excluding hydrogens is 286 g/mol. The maximum absolute atomic E-state index is 12.6. The van der Waals surface area contributed by atoms with E-state index in [1.807, 2.05) is 11.9 Å². The van der Waals surface area contributed by atoms with Crippen molar-refractivity contribution in [2.45, 2.75) is 58.5 Å². The summed E-state index contributed by atoms with van der Waals surface area (Å²) in [7, 11) is 1.98. The van der Waals surface area contributed by atoms with Crippen molar-refractivity contribution in [3.05, 3.63) is 23.5 Å². The highest BCUT2D eigenvalue weighted by molar-refractivity contribution is 5.76. The van der Waals surface area contributed by atoms with Gasteiger partial charge in [-0.3, -0.25) is 4.79 Å². The van der Waals surface area contributed by atoms with Gasteiger partial charge in [0, 0.05) is 31.0 Å². The molecule has 0 aliphatic carbocycles. The summed E-state index contributed by atoms with van der Waals surface area (Å²) in [5.74, 6) is 0.894. The molecule has 0 aromatic carbocycles. The lowest BCUT2D eigenvalue weighted by molar-refractivity contribution is -0.131. The summed E-state index contributed by atoms with van der Waals surface area (Å²) in [5, 5.41) is 0. The standard InChI is InChI=1S/C19H31N3O/c1-15-9-10-16(2)22(15)14-19(23)20(3)13-17-7-6-12-21-11-5-4-8-18(17)21/h9-10,17-18H,4-8,11-14H2,1-3H3/t17-,18+/m1/s1. The van der Waals surface area contributed by atoms with E-state index in [4.69, 9.17) is 0 Å². The third-order valence-corrected chi connectivity index (χ3v) is 5.87. The van der Waals surface area contributed by atoms with Gasteiger partial charge in [0.05, 0.1) is 0 Å². The number of nitrogens with zero attached hydrogens (tertiary/aromatic N) is 3. The number of carbonyl (C=O) groups is 1. The largest absolute Gasteiger partial charge is 0.344 e. The Morgan fingerprint density at radius 2 is 1.83 bits per heavy atom. The number of hydrogen-bond acceptors (Lipinski definition) is 2. The van der Waals surface area contributed by atoms with E-state index in [9.17, 15) is 4.79 Å². The molecule has 1 aromatic rings. The predicted octanol–water partition coefficient (Wildman–Crippen LogP) is 2.83. The fourth-order valence-electron chi connectivity index (χ4n) is 4.45. The van der Waals surface area contributed by atoms with Gasteiger partial charge in [0.25, 0.3) is 0 Å². The summed E-state index contributed by atoms with van der Waals surface area (Å²) in [6.07, 6.45) is 6.60. The highest BCUT2D eigenvalue weighted by atomic mass is 16.2. The van der Waals surface area contributed by atoms with Gasteiger partial charge in [-0.05, 0) is 70.7 Å². The molecule has 1 amide bonds. The Balaban J connectivity index is 1.59. The number of rotatable bonds is 4. The van der Waals surface area contributed by atoms with Crippen molar-refractivity contribution in [1.82, 2.24) is 14.4 Å². The lowest BCUT2D eigenvalue weighted by atomic mass is 9.83. The van der Waals surface area contributed by atoms with Gasteiger partial charge in [-0.15, -0.1) is 0 Å². The van der Waals surface area contributed by atoms with Crippen LogP contribution in [0.5, 0.6) is 0 Å². The number of aryl methyl sites for hydroxylation is 2. The lowest BCUT2D eigenvalue weighted by Crippen LogP contribution is -2.51. The normalized spacial score (nSPS) is 25.2. The second-order valence-corrected chi connectivity index (χ2v) is 7.48. The molecule has 128 valence electrons. The van der Waals surface area contributed by atoms with Crippen LogP contribution in [0.1, 0.15) is 43.5 Å². The first-order valence-electron chi connectivity index (χ1n) is 9.17. The van der Waals surface area contributed by atoms with Crippen molar-refractivity contribution in [1.29, 1.82) is 0 Å². The first-order chi connectivity index (χ1) is 11.1. The van der Waals surface area contributed by atoms with E-state index >= 15 is 0 Å². The van der Waals surface area contributed by atoms with Crippen LogP contribution in [0, 0.1) is 19.8 Å². The molecule has 2 aliphatic rings. The van der Waals surface area contributed by atoms with Gasteiger partial charge in [0.15, 0.2) is 0 Å². The number of aromatic nitrogens is 1. The van der Waals surface area contributed by atoms with E-state index in [0.29, 0.717) is 18.5 Å². The third-order valence-electron chi connectivity index (χ3n) is 5.87. The van der Waals surface area contributed by atoms with Crippen molar-refractivity contribution < 1.29 is 4.79 Å². The molecule has 3 heterocycles. The molecule has 2 fully saturated rings. The molecule has 2 atom stereocenters. The minimum Gasteiger partial charge on any atom is -0.344 e. The predicted molar refractivity (Wildman–Crippen MR) is 93.5 cm³/mol. The first kappa shape index (κ1) is 16.6. The number of likely N-dealkylation sites (N-methyl/N-ethyl adjacent to an activating group) is 1. The summed E-state index contributed by atoms with van der Waals surface area (Å²) in [4.78, 5) is 17.3. The van der Waals surface area contributed by atoms with E-state index in [0.717, 1.165) is 6.54 Å². The average Bonchev–Trinajstić information content (AvgIpc) is 2.87. The van der Waals surface area contributed by atoms with Crippen molar-refractivity contribution in [3.8, 4) is 0 Å². The van der Waals surface area contributed by atoms with Gasteiger partial charge in [-0.1, -0.05) is 6.42 Å². The Labute approximate surface area is 140 Å². The maximum Gasteiger partial charge on any atom is 0.242 e. The van der Waals surface area contributed by atoms with Crippen LogP contribution < -0.4 is 0 Å². The molecule has 1 aromatic heterocycles. The van der Waals surface area contributed by atoms with Crippen molar-refractivity contribution in [2.75, 3.05) is 26.7 Å². The van der Waals surface area contributed by atoms with Gasteiger partial charge < -0.3 is 14.4 Å². The molecule has 23 heavy (non-hydrogen) atoms. The number of carbonyl (C=O) groups excluding carboxylic acids is 1.